The van der Waals surface area contributed by atoms with Crippen LogP contribution >= 0.6 is 11.8 Å². The minimum atomic E-state index is -0.613. The summed E-state index contributed by atoms with van der Waals surface area (Å²) in [7, 11) is 0. The quantitative estimate of drug-likeness (QED) is 0.200. The van der Waals surface area contributed by atoms with Gasteiger partial charge >= 0.3 is 5.97 Å². The molecular weight excluding hydrogens is 442 g/mol. The van der Waals surface area contributed by atoms with Crippen LogP contribution in [0.1, 0.15) is 25.0 Å². The molecule has 176 valence electrons. The van der Waals surface area contributed by atoms with Crippen LogP contribution in [0, 0.1) is 0 Å². The smallest absolute Gasteiger partial charge is 0.302 e. The average Bonchev–Trinajstić information content (AvgIpc) is 2.83. The fraction of sp³-hybridized carbons (Fsp3) is 0.458. The van der Waals surface area contributed by atoms with E-state index in [2.05, 4.69) is 10.0 Å². The second kappa shape index (κ2) is 13.2. The van der Waals surface area contributed by atoms with Gasteiger partial charge in [-0.25, -0.2) is 0 Å². The molecule has 33 heavy (non-hydrogen) atoms. The summed E-state index contributed by atoms with van der Waals surface area (Å²) in [5.74, 6) is 0.350. The molecule has 0 aliphatic carbocycles. The van der Waals surface area contributed by atoms with Crippen molar-refractivity contribution in [3.05, 3.63) is 82.2 Å². The first-order chi connectivity index (χ1) is 16.1. The summed E-state index contributed by atoms with van der Waals surface area (Å²) in [6.45, 7) is 4.00. The van der Waals surface area contributed by atoms with Gasteiger partial charge in [0.15, 0.2) is 0 Å². The van der Waals surface area contributed by atoms with Crippen LogP contribution < -0.4 is 0 Å². The average molecular weight is 472 g/mol. The molecule has 1 heterocycles. The Labute approximate surface area is 198 Å². The molecule has 2 aromatic rings. The van der Waals surface area contributed by atoms with Gasteiger partial charge in [-0.3, -0.25) is 4.79 Å². The SMILES string of the molecule is CCS[C@@H]1OC(COC(C)=O)[C@@H](OCc2ccccc2)C(OCc2ccccc2)C1N=[N+]=[N-]. The lowest BCUT2D eigenvalue weighted by molar-refractivity contribution is -0.210. The van der Waals surface area contributed by atoms with Crippen LogP contribution in [0.5, 0.6) is 0 Å². The fourth-order valence-corrected chi connectivity index (χ4v) is 4.59. The van der Waals surface area contributed by atoms with Crippen molar-refractivity contribution in [3.8, 4) is 0 Å². The van der Waals surface area contributed by atoms with Gasteiger partial charge in [0.2, 0.25) is 0 Å². The molecule has 1 aliphatic heterocycles. The minimum Gasteiger partial charge on any atom is -0.463 e. The number of rotatable bonds is 11. The number of ether oxygens (including phenoxy) is 4. The van der Waals surface area contributed by atoms with Crippen molar-refractivity contribution in [3.63, 3.8) is 0 Å². The molecule has 5 atom stereocenters. The Morgan fingerprint density at radius 1 is 1.03 bits per heavy atom. The van der Waals surface area contributed by atoms with E-state index < -0.39 is 35.8 Å². The first-order valence-electron chi connectivity index (χ1n) is 10.9. The molecule has 0 bridgehead atoms. The van der Waals surface area contributed by atoms with Crippen molar-refractivity contribution in [1.82, 2.24) is 0 Å². The van der Waals surface area contributed by atoms with Gasteiger partial charge in [-0.15, -0.1) is 11.8 Å². The van der Waals surface area contributed by atoms with E-state index in [9.17, 15) is 10.3 Å². The first kappa shape index (κ1) is 25.1. The van der Waals surface area contributed by atoms with Crippen molar-refractivity contribution in [2.75, 3.05) is 12.4 Å². The lowest BCUT2D eigenvalue weighted by Crippen LogP contribution is -2.59. The Balaban J connectivity index is 1.88. The predicted molar refractivity (Wildman–Crippen MR) is 126 cm³/mol. The number of hydrogen-bond donors (Lipinski definition) is 0. The minimum absolute atomic E-state index is 0.0176. The molecule has 8 nitrogen and oxygen atoms in total. The van der Waals surface area contributed by atoms with Crippen molar-refractivity contribution >= 4 is 17.7 Å². The Hall–Kier alpha value is -2.55. The standard InChI is InChI=1S/C24H29N3O5S/c1-3-33-24-21(26-27-25)23(31-15-19-12-8-5-9-13-19)22(20(32-24)16-29-17(2)28)30-14-18-10-6-4-7-11-18/h4-13,20-24H,3,14-16H2,1-2H3/t20?,21?,22-,23?,24+/m1/s1. The van der Waals surface area contributed by atoms with Crippen LogP contribution in [0.3, 0.4) is 0 Å². The fourth-order valence-electron chi connectivity index (χ4n) is 3.64. The van der Waals surface area contributed by atoms with Crippen LogP contribution in [-0.4, -0.2) is 48.1 Å². The third-order valence-electron chi connectivity index (χ3n) is 5.15. The molecule has 0 spiro atoms. The summed E-state index contributed by atoms with van der Waals surface area (Å²) >= 11 is 1.52. The third kappa shape index (κ3) is 7.48. The molecule has 0 aromatic heterocycles. The predicted octanol–water partition coefficient (Wildman–Crippen LogP) is 4.88. The normalized spacial score (nSPS) is 24.6. The van der Waals surface area contributed by atoms with E-state index in [1.807, 2.05) is 67.6 Å². The zero-order valence-electron chi connectivity index (χ0n) is 18.8. The van der Waals surface area contributed by atoms with Crippen molar-refractivity contribution < 1.29 is 23.7 Å². The van der Waals surface area contributed by atoms with Gasteiger partial charge in [0, 0.05) is 11.8 Å². The number of azide groups is 1. The van der Waals surface area contributed by atoms with E-state index >= 15 is 0 Å². The Morgan fingerprint density at radius 3 is 2.12 bits per heavy atom. The van der Waals surface area contributed by atoms with Gasteiger partial charge < -0.3 is 18.9 Å². The van der Waals surface area contributed by atoms with Crippen LogP contribution in [0.2, 0.25) is 0 Å². The Bertz CT molecular complexity index is 911. The molecule has 3 rings (SSSR count). The molecule has 0 radical (unpaired) electrons. The van der Waals surface area contributed by atoms with E-state index in [1.54, 1.807) is 0 Å². The van der Waals surface area contributed by atoms with Gasteiger partial charge in [0.1, 0.15) is 30.3 Å². The molecule has 1 aliphatic rings. The molecule has 1 saturated heterocycles. The highest BCUT2D eigenvalue weighted by Crippen LogP contribution is 2.35. The summed E-state index contributed by atoms with van der Waals surface area (Å²) in [4.78, 5) is 14.6. The van der Waals surface area contributed by atoms with Gasteiger partial charge in [-0.05, 0) is 22.4 Å². The maximum absolute atomic E-state index is 11.5. The van der Waals surface area contributed by atoms with Crippen molar-refractivity contribution in [1.29, 1.82) is 0 Å². The van der Waals surface area contributed by atoms with Crippen molar-refractivity contribution in [2.24, 2.45) is 5.11 Å². The molecular formula is C24H29N3O5S. The molecule has 9 heteroatoms. The highest BCUT2D eigenvalue weighted by Gasteiger charge is 2.47. The summed E-state index contributed by atoms with van der Waals surface area (Å²) < 4.78 is 24.1. The van der Waals surface area contributed by atoms with E-state index in [-0.39, 0.29) is 6.61 Å². The number of esters is 1. The highest BCUT2D eigenvalue weighted by molar-refractivity contribution is 7.99. The Morgan fingerprint density at radius 2 is 1.61 bits per heavy atom. The maximum Gasteiger partial charge on any atom is 0.302 e. The molecule has 1 fully saturated rings. The van der Waals surface area contributed by atoms with Crippen molar-refractivity contribution in [2.45, 2.75) is 56.9 Å². The van der Waals surface area contributed by atoms with E-state index in [0.29, 0.717) is 13.2 Å². The van der Waals surface area contributed by atoms with E-state index in [4.69, 9.17) is 18.9 Å². The largest absolute Gasteiger partial charge is 0.463 e. The molecule has 2 aromatic carbocycles. The first-order valence-corrected chi connectivity index (χ1v) is 11.9. The lowest BCUT2D eigenvalue weighted by Gasteiger charge is -2.44. The van der Waals surface area contributed by atoms with Crippen LogP contribution in [0.25, 0.3) is 10.4 Å². The van der Waals surface area contributed by atoms with Gasteiger partial charge in [0.05, 0.1) is 19.3 Å². The molecule has 0 N–H and O–H groups in total. The highest BCUT2D eigenvalue weighted by atomic mass is 32.2. The number of hydrogen-bond acceptors (Lipinski definition) is 7. The molecule has 3 unspecified atom stereocenters. The number of thioether (sulfide) groups is 1. The second-order valence-corrected chi connectivity index (χ2v) is 8.89. The summed E-state index contributed by atoms with van der Waals surface area (Å²) in [5, 5.41) is 4.03. The van der Waals surface area contributed by atoms with Crippen LogP contribution in [0.4, 0.5) is 0 Å². The Kier molecular flexibility index (Phi) is 10.1. The maximum atomic E-state index is 11.5. The van der Waals surface area contributed by atoms with Gasteiger partial charge in [0.25, 0.3) is 0 Å². The second-order valence-electron chi connectivity index (χ2n) is 7.52. The van der Waals surface area contributed by atoms with Crippen LogP contribution in [-0.2, 0) is 37.0 Å². The third-order valence-corrected chi connectivity index (χ3v) is 6.20. The summed E-state index contributed by atoms with van der Waals surface area (Å²) in [5.41, 5.74) is 10.8. The van der Waals surface area contributed by atoms with E-state index in [0.717, 1.165) is 16.9 Å². The lowest BCUT2D eigenvalue weighted by atomic mass is 9.97. The zero-order chi connectivity index (χ0) is 23.5. The van der Waals surface area contributed by atoms with Gasteiger partial charge in [-0.2, -0.15) is 0 Å². The molecule has 0 amide bonds. The van der Waals surface area contributed by atoms with Gasteiger partial charge in [-0.1, -0.05) is 72.7 Å². The number of carbonyl (C=O) groups excluding carboxylic acids is 1. The number of benzene rings is 2. The topological polar surface area (TPSA) is 103 Å². The summed E-state index contributed by atoms with van der Waals surface area (Å²) in [6.07, 6.45) is -1.78. The molecule has 0 saturated carbocycles. The monoisotopic (exact) mass is 471 g/mol. The zero-order valence-corrected chi connectivity index (χ0v) is 19.6. The van der Waals surface area contributed by atoms with E-state index in [1.165, 1.54) is 18.7 Å². The number of carbonyl (C=O) groups is 1. The summed E-state index contributed by atoms with van der Waals surface area (Å²) in [6, 6.07) is 18.9. The number of nitrogens with zero attached hydrogens (tertiary/aromatic N) is 3. The van der Waals surface area contributed by atoms with Crippen LogP contribution in [0.15, 0.2) is 65.8 Å².